The first-order valence-electron chi connectivity index (χ1n) is 8.39. The van der Waals surface area contributed by atoms with Crippen LogP contribution in [0.3, 0.4) is 0 Å². The number of aliphatic hydroxyl groups is 1. The van der Waals surface area contributed by atoms with Gasteiger partial charge >= 0.3 is 0 Å². The van der Waals surface area contributed by atoms with Gasteiger partial charge in [-0.1, -0.05) is 65.7 Å². The highest BCUT2D eigenvalue weighted by atomic mass is 16.3. The molecule has 0 amide bonds. The molecule has 108 valence electrons. The number of hydrogen-bond donors (Lipinski definition) is 1. The van der Waals surface area contributed by atoms with Crippen molar-refractivity contribution in [3.8, 4) is 0 Å². The zero-order valence-electron chi connectivity index (χ0n) is 12.8. The van der Waals surface area contributed by atoms with Crippen molar-refractivity contribution in [1.29, 1.82) is 0 Å². The molecule has 1 atom stereocenters. The first-order valence-corrected chi connectivity index (χ1v) is 8.39. The predicted octanol–water partition coefficient (Wildman–Crippen LogP) is 5.17. The number of rotatable bonds is 8. The molecule has 0 aromatic rings. The fraction of sp³-hybridized carbons (Fsp3) is 1.00. The fourth-order valence-corrected chi connectivity index (χ4v) is 3.51. The monoisotopic (exact) mass is 254 g/mol. The molecule has 1 N–H and O–H groups in total. The molecule has 1 nitrogen and oxygen atoms in total. The van der Waals surface area contributed by atoms with Crippen molar-refractivity contribution in [3.63, 3.8) is 0 Å². The smallest absolute Gasteiger partial charge is 0.0571 e. The van der Waals surface area contributed by atoms with Gasteiger partial charge in [-0.05, 0) is 37.0 Å². The Morgan fingerprint density at radius 2 is 1.61 bits per heavy atom. The summed E-state index contributed by atoms with van der Waals surface area (Å²) in [6.45, 7) is 6.79. The maximum atomic E-state index is 10.4. The predicted molar refractivity (Wildman–Crippen MR) is 79.7 cm³/mol. The second-order valence-electron chi connectivity index (χ2n) is 6.41. The molecular weight excluding hydrogens is 220 g/mol. The summed E-state index contributed by atoms with van der Waals surface area (Å²) in [5.74, 6) is 2.29. The molecule has 1 aliphatic carbocycles. The lowest BCUT2D eigenvalue weighted by atomic mass is 9.76. The zero-order valence-corrected chi connectivity index (χ0v) is 12.8. The Morgan fingerprint density at radius 1 is 1.00 bits per heavy atom. The molecule has 0 saturated heterocycles. The Morgan fingerprint density at radius 3 is 2.11 bits per heavy atom. The lowest BCUT2D eigenvalue weighted by Gasteiger charge is -2.32. The second-order valence-corrected chi connectivity index (χ2v) is 6.41. The van der Waals surface area contributed by atoms with Gasteiger partial charge in [0.05, 0.1) is 6.10 Å². The van der Waals surface area contributed by atoms with Crippen LogP contribution in [0.2, 0.25) is 0 Å². The Labute approximate surface area is 114 Å². The minimum Gasteiger partial charge on any atom is -0.393 e. The van der Waals surface area contributed by atoms with Gasteiger partial charge in [-0.15, -0.1) is 0 Å². The van der Waals surface area contributed by atoms with Crippen molar-refractivity contribution in [1.82, 2.24) is 0 Å². The molecule has 0 spiro atoms. The third-order valence-electron chi connectivity index (χ3n) is 5.13. The topological polar surface area (TPSA) is 20.2 Å². The molecule has 1 aliphatic rings. The lowest BCUT2D eigenvalue weighted by Crippen LogP contribution is -2.27. The largest absolute Gasteiger partial charge is 0.393 e. The van der Waals surface area contributed by atoms with Crippen LogP contribution in [0, 0.1) is 17.8 Å². The third-order valence-corrected chi connectivity index (χ3v) is 5.13. The van der Waals surface area contributed by atoms with Gasteiger partial charge in [0.2, 0.25) is 0 Å². The van der Waals surface area contributed by atoms with Crippen molar-refractivity contribution in [2.24, 2.45) is 17.8 Å². The summed E-state index contributed by atoms with van der Waals surface area (Å²) in [5, 5.41) is 10.4. The number of unbranched alkanes of at least 4 members (excludes halogenated alkanes) is 1. The van der Waals surface area contributed by atoms with Crippen LogP contribution in [0.25, 0.3) is 0 Å². The van der Waals surface area contributed by atoms with Crippen molar-refractivity contribution < 1.29 is 5.11 Å². The van der Waals surface area contributed by atoms with Gasteiger partial charge in [0.15, 0.2) is 0 Å². The third kappa shape index (κ3) is 5.30. The summed E-state index contributed by atoms with van der Waals surface area (Å²) < 4.78 is 0. The minimum absolute atomic E-state index is 0.0259. The van der Waals surface area contributed by atoms with Crippen LogP contribution in [0.15, 0.2) is 0 Å². The van der Waals surface area contributed by atoms with E-state index < -0.39 is 0 Å². The second kappa shape index (κ2) is 8.96. The molecule has 0 radical (unpaired) electrons. The first-order chi connectivity index (χ1) is 8.71. The van der Waals surface area contributed by atoms with Crippen LogP contribution >= 0.6 is 0 Å². The molecule has 1 saturated carbocycles. The van der Waals surface area contributed by atoms with Crippen LogP contribution in [0.1, 0.15) is 85.0 Å². The first kappa shape index (κ1) is 16.0. The van der Waals surface area contributed by atoms with E-state index in [2.05, 4.69) is 20.8 Å². The van der Waals surface area contributed by atoms with Gasteiger partial charge in [0.1, 0.15) is 0 Å². The van der Waals surface area contributed by atoms with E-state index in [0.29, 0.717) is 5.92 Å². The SMILES string of the molecule is CCCCC1CCC(C(O)CC(CC)CC)CC1. The highest BCUT2D eigenvalue weighted by Gasteiger charge is 2.27. The van der Waals surface area contributed by atoms with E-state index in [1.165, 1.54) is 57.8 Å². The van der Waals surface area contributed by atoms with Crippen molar-refractivity contribution >= 4 is 0 Å². The number of aliphatic hydroxyl groups excluding tert-OH is 1. The molecule has 0 aromatic carbocycles. The van der Waals surface area contributed by atoms with Crippen LogP contribution < -0.4 is 0 Å². The molecule has 1 rings (SSSR count). The quantitative estimate of drug-likeness (QED) is 0.633. The molecule has 18 heavy (non-hydrogen) atoms. The van der Waals surface area contributed by atoms with Crippen LogP contribution in [-0.4, -0.2) is 11.2 Å². The molecule has 0 bridgehead atoms. The van der Waals surface area contributed by atoms with Gasteiger partial charge in [-0.25, -0.2) is 0 Å². The zero-order chi connectivity index (χ0) is 13.4. The summed E-state index contributed by atoms with van der Waals surface area (Å²) in [4.78, 5) is 0. The summed E-state index contributed by atoms with van der Waals surface area (Å²) >= 11 is 0. The summed E-state index contributed by atoms with van der Waals surface area (Å²) in [5.41, 5.74) is 0. The van der Waals surface area contributed by atoms with Gasteiger partial charge in [-0.2, -0.15) is 0 Å². The Bertz CT molecular complexity index is 190. The molecule has 0 aliphatic heterocycles. The molecule has 1 unspecified atom stereocenters. The number of hydrogen-bond acceptors (Lipinski definition) is 1. The van der Waals surface area contributed by atoms with E-state index in [9.17, 15) is 5.11 Å². The van der Waals surface area contributed by atoms with Crippen molar-refractivity contribution in [3.05, 3.63) is 0 Å². The van der Waals surface area contributed by atoms with E-state index in [1.54, 1.807) is 0 Å². The molecule has 0 aromatic heterocycles. The van der Waals surface area contributed by atoms with Gasteiger partial charge < -0.3 is 5.11 Å². The average Bonchev–Trinajstić information content (AvgIpc) is 2.42. The maximum absolute atomic E-state index is 10.4. The standard InChI is InChI=1S/C17H34O/c1-4-7-8-15-9-11-16(12-10-15)17(18)13-14(5-2)6-3/h14-18H,4-13H2,1-3H3. The van der Waals surface area contributed by atoms with E-state index in [-0.39, 0.29) is 6.10 Å². The molecular formula is C17H34O. The van der Waals surface area contributed by atoms with Crippen LogP contribution in [0.5, 0.6) is 0 Å². The van der Waals surface area contributed by atoms with E-state index in [1.807, 2.05) is 0 Å². The fourth-order valence-electron chi connectivity index (χ4n) is 3.51. The molecule has 0 heterocycles. The van der Waals surface area contributed by atoms with E-state index in [4.69, 9.17) is 0 Å². The lowest BCUT2D eigenvalue weighted by molar-refractivity contribution is 0.0510. The van der Waals surface area contributed by atoms with Crippen molar-refractivity contribution in [2.75, 3.05) is 0 Å². The Balaban J connectivity index is 2.24. The van der Waals surface area contributed by atoms with Gasteiger partial charge in [0.25, 0.3) is 0 Å². The van der Waals surface area contributed by atoms with E-state index >= 15 is 0 Å². The molecule has 1 heteroatoms. The summed E-state index contributed by atoms with van der Waals surface area (Å²) in [6, 6.07) is 0. The highest BCUT2D eigenvalue weighted by Crippen LogP contribution is 2.35. The van der Waals surface area contributed by atoms with Crippen LogP contribution in [-0.2, 0) is 0 Å². The highest BCUT2D eigenvalue weighted by molar-refractivity contribution is 4.78. The maximum Gasteiger partial charge on any atom is 0.0571 e. The van der Waals surface area contributed by atoms with E-state index in [0.717, 1.165) is 18.3 Å². The molecule has 1 fully saturated rings. The van der Waals surface area contributed by atoms with Gasteiger partial charge in [-0.3, -0.25) is 0 Å². The summed E-state index contributed by atoms with van der Waals surface area (Å²) in [7, 11) is 0. The minimum atomic E-state index is -0.0259. The summed E-state index contributed by atoms with van der Waals surface area (Å²) in [6.07, 6.45) is 12.9. The average molecular weight is 254 g/mol. The van der Waals surface area contributed by atoms with Gasteiger partial charge in [0, 0.05) is 0 Å². The Hall–Kier alpha value is -0.0400. The Kier molecular flexibility index (Phi) is 7.97. The van der Waals surface area contributed by atoms with Crippen molar-refractivity contribution in [2.45, 2.75) is 91.1 Å². The normalized spacial score (nSPS) is 26.5. The van der Waals surface area contributed by atoms with Crippen LogP contribution in [0.4, 0.5) is 0 Å².